The van der Waals surface area contributed by atoms with Gasteiger partial charge in [-0.05, 0) is 47.2 Å². The van der Waals surface area contributed by atoms with Crippen LogP contribution in [0.2, 0.25) is 5.02 Å². The zero-order valence-electron chi connectivity index (χ0n) is 22.6. The minimum absolute atomic E-state index is 0.533. The van der Waals surface area contributed by atoms with Gasteiger partial charge in [0.2, 0.25) is 0 Å². The van der Waals surface area contributed by atoms with Crippen LogP contribution < -0.4 is 0 Å². The van der Waals surface area contributed by atoms with Crippen LogP contribution in [-0.4, -0.2) is 15.0 Å². The van der Waals surface area contributed by atoms with Crippen LogP contribution in [0, 0.1) is 0 Å². The highest BCUT2D eigenvalue weighted by atomic mass is 35.5. The molecule has 0 aliphatic rings. The summed E-state index contributed by atoms with van der Waals surface area (Å²) in [6.07, 6.45) is 0. The largest absolute Gasteiger partial charge is 0.456 e. The second kappa shape index (κ2) is 9.24. The molecule has 5 nitrogen and oxygen atoms in total. The van der Waals surface area contributed by atoms with Crippen LogP contribution in [0.25, 0.3) is 88.8 Å². The number of rotatable bonds is 3. The van der Waals surface area contributed by atoms with Gasteiger partial charge in [0.15, 0.2) is 17.5 Å². The highest BCUT2D eigenvalue weighted by Gasteiger charge is 2.20. The molecule has 0 aliphatic heterocycles. The van der Waals surface area contributed by atoms with Gasteiger partial charge in [-0.3, -0.25) is 0 Å². The lowest BCUT2D eigenvalue weighted by Gasteiger charge is -2.09. The smallest absolute Gasteiger partial charge is 0.167 e. The summed E-state index contributed by atoms with van der Waals surface area (Å²) >= 11 is 6.31. The lowest BCUT2D eigenvalue weighted by Crippen LogP contribution is -2.00. The number of nitrogens with zero attached hydrogens (tertiary/aromatic N) is 3. The van der Waals surface area contributed by atoms with Gasteiger partial charge in [0.1, 0.15) is 22.3 Å². The van der Waals surface area contributed by atoms with Gasteiger partial charge in [0.25, 0.3) is 0 Å². The van der Waals surface area contributed by atoms with E-state index < -0.39 is 0 Å². The van der Waals surface area contributed by atoms with Crippen molar-refractivity contribution >= 4 is 66.3 Å². The molecule has 0 saturated heterocycles. The lowest BCUT2D eigenvalue weighted by atomic mass is 10.0. The SMILES string of the molecule is Clc1ccc2c(ccc3oc4c(-c5nc(-c6ccccc6)nc(-c6cccc7oc8ccccc8c67)n5)cccc4c32)c1. The predicted molar refractivity (Wildman–Crippen MR) is 173 cm³/mol. The Morgan fingerprint density at radius 3 is 2.07 bits per heavy atom. The fourth-order valence-electron chi connectivity index (χ4n) is 6.07. The van der Waals surface area contributed by atoms with Gasteiger partial charge in [-0.2, -0.15) is 0 Å². The third kappa shape index (κ3) is 3.75. The molecule has 0 fully saturated rings. The Labute approximate surface area is 250 Å². The summed E-state index contributed by atoms with van der Waals surface area (Å²) in [4.78, 5) is 15.1. The fraction of sp³-hybridized carbons (Fsp3) is 0. The molecule has 202 valence electrons. The average Bonchev–Trinajstić information content (AvgIpc) is 3.63. The van der Waals surface area contributed by atoms with E-state index in [0.717, 1.165) is 71.3 Å². The third-order valence-corrected chi connectivity index (χ3v) is 8.23. The zero-order valence-corrected chi connectivity index (χ0v) is 23.3. The van der Waals surface area contributed by atoms with E-state index in [4.69, 9.17) is 35.4 Å². The molecule has 3 aromatic heterocycles. The van der Waals surface area contributed by atoms with Crippen LogP contribution in [0.1, 0.15) is 0 Å². The molecule has 0 bridgehead atoms. The van der Waals surface area contributed by atoms with Gasteiger partial charge >= 0.3 is 0 Å². The molecule has 3 heterocycles. The molecule has 0 saturated carbocycles. The van der Waals surface area contributed by atoms with Crippen molar-refractivity contribution in [2.45, 2.75) is 0 Å². The van der Waals surface area contributed by atoms with Crippen molar-refractivity contribution < 1.29 is 8.83 Å². The number of furan rings is 2. The van der Waals surface area contributed by atoms with Crippen molar-refractivity contribution in [3.63, 3.8) is 0 Å². The minimum Gasteiger partial charge on any atom is -0.456 e. The summed E-state index contributed by atoms with van der Waals surface area (Å²) in [6.45, 7) is 0. The van der Waals surface area contributed by atoms with Crippen LogP contribution in [0.3, 0.4) is 0 Å². The molecule has 9 aromatic rings. The highest BCUT2D eigenvalue weighted by Crippen LogP contribution is 2.40. The van der Waals surface area contributed by atoms with Crippen LogP contribution in [0.15, 0.2) is 130 Å². The molecule has 6 heteroatoms. The van der Waals surface area contributed by atoms with E-state index in [1.807, 2.05) is 109 Å². The Hall–Kier alpha value is -5.52. The molecule has 0 N–H and O–H groups in total. The van der Waals surface area contributed by atoms with Gasteiger partial charge in [-0.1, -0.05) is 96.5 Å². The Bertz CT molecular complexity index is 2530. The number of para-hydroxylation sites is 2. The van der Waals surface area contributed by atoms with E-state index in [9.17, 15) is 0 Å². The van der Waals surface area contributed by atoms with Gasteiger partial charge < -0.3 is 8.83 Å². The normalized spacial score (nSPS) is 11.8. The molecular weight excluding hydrogens is 554 g/mol. The van der Waals surface area contributed by atoms with Crippen molar-refractivity contribution in [1.29, 1.82) is 0 Å². The summed E-state index contributed by atoms with van der Waals surface area (Å²) in [6, 6.07) is 40.1. The Kier molecular flexibility index (Phi) is 5.18. The summed E-state index contributed by atoms with van der Waals surface area (Å²) in [7, 11) is 0. The number of benzene rings is 6. The molecule has 0 spiro atoms. The number of hydrogen-bond acceptors (Lipinski definition) is 5. The maximum absolute atomic E-state index is 6.53. The first-order valence-electron chi connectivity index (χ1n) is 14.0. The molecular formula is C37H20ClN3O2. The maximum Gasteiger partial charge on any atom is 0.167 e. The standard InChI is InChI=1S/C37H20ClN3O2/c38-23-17-18-24-22(20-23)16-19-31-32(24)26-11-6-13-28(34(26)43-31)37-40-35(21-8-2-1-3-9-21)39-36(41-37)27-12-7-15-30-33(27)25-10-4-5-14-29(25)42-30/h1-20H. The summed E-state index contributed by atoms with van der Waals surface area (Å²) < 4.78 is 12.7. The Balaban J connectivity index is 1.34. The lowest BCUT2D eigenvalue weighted by molar-refractivity contribution is 0.668. The van der Waals surface area contributed by atoms with Crippen LogP contribution >= 0.6 is 11.6 Å². The monoisotopic (exact) mass is 573 g/mol. The van der Waals surface area contributed by atoms with Crippen molar-refractivity contribution in [2.75, 3.05) is 0 Å². The first-order valence-corrected chi connectivity index (χ1v) is 14.3. The van der Waals surface area contributed by atoms with Gasteiger partial charge in [0, 0.05) is 37.7 Å². The van der Waals surface area contributed by atoms with Crippen LogP contribution in [0.5, 0.6) is 0 Å². The van der Waals surface area contributed by atoms with E-state index in [1.165, 1.54) is 0 Å². The molecule has 0 radical (unpaired) electrons. The molecule has 6 aromatic carbocycles. The Morgan fingerprint density at radius 1 is 0.465 bits per heavy atom. The number of hydrogen-bond donors (Lipinski definition) is 0. The summed E-state index contributed by atoms with van der Waals surface area (Å²) in [5.74, 6) is 1.68. The second-order valence-corrected chi connectivity index (χ2v) is 11.0. The topological polar surface area (TPSA) is 65.0 Å². The predicted octanol–water partition coefficient (Wildman–Crippen LogP) is 10.5. The van der Waals surface area contributed by atoms with Crippen LogP contribution in [0.4, 0.5) is 0 Å². The Morgan fingerprint density at radius 2 is 1.16 bits per heavy atom. The first kappa shape index (κ1) is 24.1. The molecule has 0 aliphatic carbocycles. The summed E-state index contributed by atoms with van der Waals surface area (Å²) in [5.41, 5.74) is 5.70. The second-order valence-electron chi connectivity index (χ2n) is 10.5. The van der Waals surface area contributed by atoms with Gasteiger partial charge in [-0.15, -0.1) is 0 Å². The van der Waals surface area contributed by atoms with Crippen molar-refractivity contribution in [2.24, 2.45) is 0 Å². The number of aromatic nitrogens is 3. The van der Waals surface area contributed by atoms with Crippen molar-refractivity contribution in [1.82, 2.24) is 15.0 Å². The molecule has 9 rings (SSSR count). The first-order chi connectivity index (χ1) is 21.2. The third-order valence-electron chi connectivity index (χ3n) is 7.99. The number of halogens is 1. The van der Waals surface area contributed by atoms with E-state index in [-0.39, 0.29) is 0 Å². The van der Waals surface area contributed by atoms with Crippen molar-refractivity contribution in [3.05, 3.63) is 126 Å². The van der Waals surface area contributed by atoms with Gasteiger partial charge in [-0.25, -0.2) is 15.0 Å². The van der Waals surface area contributed by atoms with E-state index in [2.05, 4.69) is 12.1 Å². The highest BCUT2D eigenvalue weighted by molar-refractivity contribution is 6.32. The zero-order chi connectivity index (χ0) is 28.5. The van der Waals surface area contributed by atoms with Crippen molar-refractivity contribution in [3.8, 4) is 34.2 Å². The quantitative estimate of drug-likeness (QED) is 0.210. The fourth-order valence-corrected chi connectivity index (χ4v) is 6.25. The minimum atomic E-state index is 0.533. The molecule has 43 heavy (non-hydrogen) atoms. The van der Waals surface area contributed by atoms with Gasteiger partial charge in [0.05, 0.1) is 5.56 Å². The molecule has 0 atom stereocenters. The molecule has 0 unspecified atom stereocenters. The molecule has 0 amide bonds. The summed E-state index contributed by atoms with van der Waals surface area (Å²) in [5, 5.41) is 6.86. The maximum atomic E-state index is 6.53. The number of fused-ring (bicyclic) bond motifs is 8. The van der Waals surface area contributed by atoms with Crippen LogP contribution in [-0.2, 0) is 0 Å². The van der Waals surface area contributed by atoms with E-state index in [0.29, 0.717) is 22.5 Å². The van der Waals surface area contributed by atoms with E-state index >= 15 is 0 Å². The van der Waals surface area contributed by atoms with E-state index in [1.54, 1.807) is 0 Å². The average molecular weight is 574 g/mol.